The van der Waals surface area contributed by atoms with Crippen LogP contribution in [0.15, 0.2) is 54.6 Å². The molecule has 0 amide bonds. The largest absolute Gasteiger partial charge is 0.469 e. The topological polar surface area (TPSA) is 32.8 Å². The summed E-state index contributed by atoms with van der Waals surface area (Å²) in [6.07, 6.45) is 0. The minimum Gasteiger partial charge on any atom is -0.469 e. The van der Waals surface area contributed by atoms with Crippen molar-refractivity contribution < 1.29 is 9.53 Å². The molecule has 2 fully saturated rings. The minimum absolute atomic E-state index is 0.0723. The molecule has 3 atom stereocenters. The Morgan fingerprint density at radius 2 is 1.46 bits per heavy atom. The van der Waals surface area contributed by atoms with E-state index in [-0.39, 0.29) is 23.7 Å². The normalized spacial score (nSPS) is 25.8. The Kier molecular flexibility index (Phi) is 4.68. The number of hydrogen-bond donors (Lipinski definition) is 0. The van der Waals surface area contributed by atoms with Gasteiger partial charge in [0.2, 0.25) is 0 Å². The van der Waals surface area contributed by atoms with Gasteiger partial charge in [-0.25, -0.2) is 0 Å². The van der Waals surface area contributed by atoms with E-state index in [1.165, 1.54) is 23.9 Å². The lowest BCUT2D eigenvalue weighted by Gasteiger charge is -2.34. The molecule has 1 saturated heterocycles. The van der Waals surface area contributed by atoms with Crippen LogP contribution in [-0.4, -0.2) is 51.2 Å². The average molecular weight is 350 g/mol. The Morgan fingerprint density at radius 1 is 0.885 bits per heavy atom. The summed E-state index contributed by atoms with van der Waals surface area (Å²) in [5.41, 5.74) is 3.72. The minimum atomic E-state index is -0.105. The molecular formula is C22H26N2O2. The van der Waals surface area contributed by atoms with E-state index in [1.807, 2.05) is 18.2 Å². The number of nitrogens with zero attached hydrogens (tertiary/aromatic N) is 2. The molecule has 0 radical (unpaired) electrons. The van der Waals surface area contributed by atoms with Crippen LogP contribution in [0.25, 0.3) is 0 Å². The molecule has 4 rings (SSSR count). The highest BCUT2D eigenvalue weighted by Crippen LogP contribution is 2.60. The van der Waals surface area contributed by atoms with E-state index in [4.69, 9.17) is 4.74 Å². The van der Waals surface area contributed by atoms with Crippen LogP contribution >= 0.6 is 0 Å². The van der Waals surface area contributed by atoms with Gasteiger partial charge in [-0.3, -0.25) is 4.79 Å². The highest BCUT2D eigenvalue weighted by atomic mass is 16.5. The Morgan fingerprint density at radius 3 is 2.04 bits per heavy atom. The lowest BCUT2D eigenvalue weighted by Crippen LogP contribution is -2.44. The maximum Gasteiger partial charge on any atom is 0.309 e. The predicted molar refractivity (Wildman–Crippen MR) is 104 cm³/mol. The molecule has 0 aromatic heterocycles. The van der Waals surface area contributed by atoms with Gasteiger partial charge in [-0.2, -0.15) is 0 Å². The first kappa shape index (κ1) is 17.1. The average Bonchev–Trinajstić information content (AvgIpc) is 3.44. The van der Waals surface area contributed by atoms with Crippen LogP contribution < -0.4 is 4.90 Å². The monoisotopic (exact) mass is 350 g/mol. The SMILES string of the molecule is COC(=O)[C@@H]1[C@H](c2ccccc2)[C@H]1c1ccc(N2CCN(C)CC2)cc1. The molecule has 1 heterocycles. The van der Waals surface area contributed by atoms with Crippen LogP contribution in [-0.2, 0) is 9.53 Å². The first-order valence-corrected chi connectivity index (χ1v) is 9.35. The third kappa shape index (κ3) is 3.21. The highest BCUT2D eigenvalue weighted by Gasteiger charge is 2.56. The summed E-state index contributed by atoms with van der Waals surface area (Å²) < 4.78 is 5.05. The van der Waals surface area contributed by atoms with Gasteiger partial charge < -0.3 is 14.5 Å². The molecule has 2 aromatic rings. The highest BCUT2D eigenvalue weighted by molar-refractivity contribution is 5.80. The Bertz CT molecular complexity index is 751. The van der Waals surface area contributed by atoms with Gasteiger partial charge in [0.1, 0.15) is 0 Å². The van der Waals surface area contributed by atoms with E-state index in [0.29, 0.717) is 0 Å². The van der Waals surface area contributed by atoms with Crippen molar-refractivity contribution >= 4 is 11.7 Å². The number of hydrogen-bond acceptors (Lipinski definition) is 4. The van der Waals surface area contributed by atoms with E-state index in [0.717, 1.165) is 26.2 Å². The summed E-state index contributed by atoms with van der Waals surface area (Å²) >= 11 is 0. The van der Waals surface area contributed by atoms with Gasteiger partial charge in [-0.15, -0.1) is 0 Å². The first-order chi connectivity index (χ1) is 12.7. The number of carbonyl (C=O) groups excluding carboxylic acids is 1. The van der Waals surface area contributed by atoms with Crippen molar-refractivity contribution in [2.45, 2.75) is 11.8 Å². The standard InChI is InChI=1S/C22H26N2O2/c1-23-12-14-24(15-13-23)18-10-8-17(9-11-18)20-19(21(20)22(25)26-2)16-6-4-3-5-7-16/h3-11,19-21H,12-15H2,1-2H3/t19-,20-,21-/m1/s1. The second-order valence-electron chi connectivity index (χ2n) is 7.39. The number of methoxy groups -OCH3 is 1. The summed E-state index contributed by atoms with van der Waals surface area (Å²) in [6.45, 7) is 4.34. The molecule has 0 unspecified atom stereocenters. The van der Waals surface area contributed by atoms with E-state index in [9.17, 15) is 4.79 Å². The fraction of sp³-hybridized carbons (Fsp3) is 0.409. The van der Waals surface area contributed by atoms with Gasteiger partial charge in [0.05, 0.1) is 13.0 Å². The van der Waals surface area contributed by atoms with Crippen LogP contribution in [0.1, 0.15) is 23.0 Å². The molecular weight excluding hydrogens is 324 g/mol. The Hall–Kier alpha value is -2.33. The molecule has 1 saturated carbocycles. The lowest BCUT2D eigenvalue weighted by molar-refractivity contribution is -0.142. The van der Waals surface area contributed by atoms with Gasteiger partial charge >= 0.3 is 5.97 Å². The number of benzene rings is 2. The summed E-state index contributed by atoms with van der Waals surface area (Å²) in [7, 11) is 3.65. The fourth-order valence-electron chi connectivity index (χ4n) is 4.22. The maximum absolute atomic E-state index is 12.3. The summed E-state index contributed by atoms with van der Waals surface area (Å²) in [5.74, 6) is 0.258. The van der Waals surface area contributed by atoms with Gasteiger partial charge in [0.15, 0.2) is 0 Å². The van der Waals surface area contributed by atoms with E-state index in [1.54, 1.807) is 0 Å². The number of carbonyl (C=O) groups is 1. The Balaban J connectivity index is 1.53. The zero-order valence-corrected chi connectivity index (χ0v) is 15.5. The molecule has 4 nitrogen and oxygen atoms in total. The van der Waals surface area contributed by atoms with Crippen LogP contribution in [0.4, 0.5) is 5.69 Å². The maximum atomic E-state index is 12.3. The van der Waals surface area contributed by atoms with Gasteiger partial charge in [0, 0.05) is 43.7 Å². The van der Waals surface area contributed by atoms with Crippen LogP contribution in [0.3, 0.4) is 0 Å². The van der Waals surface area contributed by atoms with Crippen molar-refractivity contribution in [3.8, 4) is 0 Å². The molecule has 2 aromatic carbocycles. The fourth-order valence-corrected chi connectivity index (χ4v) is 4.22. The van der Waals surface area contributed by atoms with Crippen molar-refractivity contribution in [1.29, 1.82) is 0 Å². The number of likely N-dealkylation sites (N-methyl/N-ethyl adjacent to an activating group) is 1. The second-order valence-corrected chi connectivity index (χ2v) is 7.39. The van der Waals surface area contributed by atoms with Gasteiger partial charge in [-0.1, -0.05) is 42.5 Å². The first-order valence-electron chi connectivity index (χ1n) is 9.35. The van der Waals surface area contributed by atoms with Crippen molar-refractivity contribution in [3.63, 3.8) is 0 Å². The quantitative estimate of drug-likeness (QED) is 0.793. The Labute approximate surface area is 155 Å². The molecule has 1 aliphatic carbocycles. The van der Waals surface area contributed by atoms with Crippen LogP contribution in [0.5, 0.6) is 0 Å². The molecule has 1 aliphatic heterocycles. The number of piperazine rings is 1. The number of rotatable bonds is 4. The van der Waals surface area contributed by atoms with Crippen LogP contribution in [0, 0.1) is 5.92 Å². The van der Waals surface area contributed by atoms with Crippen molar-refractivity contribution in [3.05, 3.63) is 65.7 Å². The molecule has 2 aliphatic rings. The zero-order valence-electron chi connectivity index (χ0n) is 15.5. The van der Waals surface area contributed by atoms with Crippen molar-refractivity contribution in [1.82, 2.24) is 4.90 Å². The molecule has 0 N–H and O–H groups in total. The number of esters is 1. The number of anilines is 1. The summed E-state index contributed by atoms with van der Waals surface area (Å²) in [6, 6.07) is 19.1. The predicted octanol–water partition coefficient (Wildman–Crippen LogP) is 3.11. The number of ether oxygens (including phenoxy) is 1. The third-order valence-corrected chi connectivity index (χ3v) is 5.82. The summed E-state index contributed by atoms with van der Waals surface area (Å²) in [5, 5.41) is 0. The third-order valence-electron chi connectivity index (χ3n) is 5.82. The zero-order chi connectivity index (χ0) is 18.1. The van der Waals surface area contributed by atoms with Gasteiger partial charge in [0.25, 0.3) is 0 Å². The molecule has 136 valence electrons. The lowest BCUT2D eigenvalue weighted by atomic mass is 10.0. The van der Waals surface area contributed by atoms with E-state index < -0.39 is 0 Å². The molecule has 0 bridgehead atoms. The van der Waals surface area contributed by atoms with Crippen LogP contribution in [0.2, 0.25) is 0 Å². The second kappa shape index (κ2) is 7.12. The summed E-state index contributed by atoms with van der Waals surface area (Å²) in [4.78, 5) is 17.0. The molecule has 26 heavy (non-hydrogen) atoms. The smallest absolute Gasteiger partial charge is 0.309 e. The molecule has 0 spiro atoms. The molecule has 4 heteroatoms. The van der Waals surface area contributed by atoms with Crippen molar-refractivity contribution in [2.75, 3.05) is 45.2 Å². The van der Waals surface area contributed by atoms with E-state index in [2.05, 4.69) is 53.2 Å². The van der Waals surface area contributed by atoms with E-state index >= 15 is 0 Å². The van der Waals surface area contributed by atoms with Crippen molar-refractivity contribution in [2.24, 2.45) is 5.92 Å². The van der Waals surface area contributed by atoms with Gasteiger partial charge in [-0.05, 0) is 30.3 Å².